The van der Waals surface area contributed by atoms with Crippen LogP contribution in [0.15, 0.2) is 30.5 Å². The second-order valence-electron chi connectivity index (χ2n) is 4.60. The van der Waals surface area contributed by atoms with E-state index in [4.69, 9.17) is 10.00 Å². The number of hydrogen-bond donors (Lipinski definition) is 2. The maximum atomic E-state index is 9.16. The van der Waals surface area contributed by atoms with Gasteiger partial charge in [-0.25, -0.2) is 0 Å². The van der Waals surface area contributed by atoms with Gasteiger partial charge in [-0.2, -0.15) is 10.5 Å². The second kappa shape index (κ2) is 7.78. The molecule has 2 aromatic rings. The summed E-state index contributed by atoms with van der Waals surface area (Å²) >= 11 is 0. The van der Waals surface area contributed by atoms with Gasteiger partial charge in [0.1, 0.15) is 17.4 Å². The van der Waals surface area contributed by atoms with Gasteiger partial charge in [0.25, 0.3) is 0 Å². The highest BCUT2D eigenvalue weighted by Crippen LogP contribution is 2.26. The summed E-state index contributed by atoms with van der Waals surface area (Å²) < 4.78 is 5.98. The Morgan fingerprint density at radius 3 is 2.82 bits per heavy atom. The van der Waals surface area contributed by atoms with Crippen molar-refractivity contribution in [2.75, 3.05) is 5.32 Å². The van der Waals surface area contributed by atoms with Gasteiger partial charge in [0.05, 0.1) is 11.8 Å². The number of rotatable bonds is 7. The van der Waals surface area contributed by atoms with Crippen LogP contribution in [0, 0.1) is 11.3 Å². The monoisotopic (exact) mass is 298 g/mol. The molecule has 0 radical (unpaired) electrons. The molecule has 0 spiro atoms. The summed E-state index contributed by atoms with van der Waals surface area (Å²) in [6, 6.07) is 9.63. The highest BCUT2D eigenvalue weighted by molar-refractivity contribution is 5.74. The standard InChI is InChI=1S/C15H18N6O/c1-3-12(4-2)22-14-8-6-5-7-13(14)17-10-11(9-16)15-18-20-21-19-15/h5-8,10,12,17H,3-4H2,1-2H3,(H,18,19,20,21). The topological polar surface area (TPSA) is 99.5 Å². The summed E-state index contributed by atoms with van der Waals surface area (Å²) in [5, 5.41) is 25.6. The molecule has 0 aliphatic heterocycles. The Morgan fingerprint density at radius 2 is 2.18 bits per heavy atom. The molecule has 1 aromatic heterocycles. The van der Waals surface area contributed by atoms with Crippen LogP contribution in [-0.4, -0.2) is 26.7 Å². The third kappa shape index (κ3) is 3.82. The first kappa shape index (κ1) is 15.5. The molecule has 0 amide bonds. The van der Waals surface area contributed by atoms with Crippen molar-refractivity contribution in [3.8, 4) is 11.8 Å². The Bertz CT molecular complexity index is 655. The summed E-state index contributed by atoms with van der Waals surface area (Å²) in [5.74, 6) is 0.992. The first-order chi connectivity index (χ1) is 10.8. The van der Waals surface area contributed by atoms with Crippen molar-refractivity contribution in [3.05, 3.63) is 36.3 Å². The molecule has 0 saturated heterocycles. The van der Waals surface area contributed by atoms with Crippen LogP contribution >= 0.6 is 0 Å². The molecule has 1 heterocycles. The Kier molecular flexibility index (Phi) is 5.49. The number of benzene rings is 1. The molecule has 0 fully saturated rings. The van der Waals surface area contributed by atoms with Crippen molar-refractivity contribution in [2.24, 2.45) is 0 Å². The highest BCUT2D eigenvalue weighted by atomic mass is 16.5. The van der Waals surface area contributed by atoms with Crippen molar-refractivity contribution >= 4 is 11.3 Å². The molecule has 2 N–H and O–H groups in total. The van der Waals surface area contributed by atoms with Crippen molar-refractivity contribution in [1.82, 2.24) is 20.6 Å². The zero-order valence-corrected chi connectivity index (χ0v) is 12.6. The average Bonchev–Trinajstić information content (AvgIpc) is 3.08. The molecule has 0 unspecified atom stereocenters. The van der Waals surface area contributed by atoms with E-state index in [1.165, 1.54) is 0 Å². The number of ether oxygens (including phenoxy) is 1. The summed E-state index contributed by atoms with van der Waals surface area (Å²) in [6.07, 6.45) is 3.58. The smallest absolute Gasteiger partial charge is 0.216 e. The first-order valence-corrected chi connectivity index (χ1v) is 7.14. The zero-order chi connectivity index (χ0) is 15.8. The van der Waals surface area contributed by atoms with Gasteiger partial charge in [0.2, 0.25) is 5.82 Å². The number of anilines is 1. The fraction of sp³-hybridized carbons (Fsp3) is 0.333. The molecule has 0 atom stereocenters. The van der Waals surface area contributed by atoms with Gasteiger partial charge in [0, 0.05) is 6.20 Å². The van der Waals surface area contributed by atoms with Gasteiger partial charge in [-0.15, -0.1) is 10.2 Å². The minimum atomic E-state index is 0.166. The second-order valence-corrected chi connectivity index (χ2v) is 4.60. The van der Waals surface area contributed by atoms with Crippen LogP contribution in [0.2, 0.25) is 0 Å². The van der Waals surface area contributed by atoms with E-state index in [9.17, 15) is 0 Å². The van der Waals surface area contributed by atoms with Crippen LogP contribution in [0.1, 0.15) is 32.5 Å². The van der Waals surface area contributed by atoms with Crippen molar-refractivity contribution in [2.45, 2.75) is 32.8 Å². The van der Waals surface area contributed by atoms with Gasteiger partial charge in [-0.05, 0) is 30.2 Å². The molecule has 2 rings (SSSR count). The minimum Gasteiger partial charge on any atom is -0.488 e. The lowest BCUT2D eigenvalue weighted by Gasteiger charge is -2.18. The van der Waals surface area contributed by atoms with Crippen molar-refractivity contribution in [1.29, 1.82) is 5.26 Å². The number of H-pyrrole nitrogens is 1. The van der Waals surface area contributed by atoms with E-state index < -0.39 is 0 Å². The van der Waals surface area contributed by atoms with Crippen LogP contribution in [-0.2, 0) is 0 Å². The minimum absolute atomic E-state index is 0.166. The van der Waals surface area contributed by atoms with Crippen LogP contribution in [0.25, 0.3) is 5.57 Å². The molecule has 0 aliphatic carbocycles. The number of aromatic amines is 1. The molecule has 0 bridgehead atoms. The average molecular weight is 298 g/mol. The summed E-state index contributed by atoms with van der Waals surface area (Å²) in [4.78, 5) is 0. The zero-order valence-electron chi connectivity index (χ0n) is 12.6. The molecule has 0 saturated carbocycles. The van der Waals surface area contributed by atoms with E-state index in [0.29, 0.717) is 0 Å². The largest absolute Gasteiger partial charge is 0.488 e. The fourth-order valence-corrected chi connectivity index (χ4v) is 1.90. The third-order valence-electron chi connectivity index (χ3n) is 3.17. The van der Waals surface area contributed by atoms with Gasteiger partial charge in [-0.1, -0.05) is 26.0 Å². The van der Waals surface area contributed by atoms with E-state index in [2.05, 4.69) is 39.8 Å². The Hall–Kier alpha value is -2.88. The number of allylic oxidation sites excluding steroid dienone is 1. The van der Waals surface area contributed by atoms with Crippen molar-refractivity contribution in [3.63, 3.8) is 0 Å². The summed E-state index contributed by atoms with van der Waals surface area (Å²) in [5.41, 5.74) is 1.07. The lowest BCUT2D eigenvalue weighted by molar-refractivity contribution is 0.194. The molecular formula is C15H18N6O. The molecule has 7 nitrogen and oxygen atoms in total. The van der Waals surface area contributed by atoms with Crippen LogP contribution in [0.5, 0.6) is 5.75 Å². The van der Waals surface area contributed by atoms with Crippen LogP contribution < -0.4 is 10.1 Å². The van der Waals surface area contributed by atoms with E-state index >= 15 is 0 Å². The molecule has 22 heavy (non-hydrogen) atoms. The summed E-state index contributed by atoms with van der Waals surface area (Å²) in [7, 11) is 0. The van der Waals surface area contributed by atoms with Gasteiger partial charge >= 0.3 is 0 Å². The van der Waals surface area contributed by atoms with Crippen LogP contribution in [0.3, 0.4) is 0 Å². The van der Waals surface area contributed by atoms with Gasteiger partial charge in [-0.3, -0.25) is 0 Å². The quantitative estimate of drug-likeness (QED) is 0.762. The number of nitriles is 1. The lowest BCUT2D eigenvalue weighted by Crippen LogP contribution is -2.14. The first-order valence-electron chi connectivity index (χ1n) is 7.14. The van der Waals surface area contributed by atoms with Gasteiger partial charge in [0.15, 0.2) is 0 Å². The normalized spacial score (nSPS) is 11.3. The predicted molar refractivity (Wildman–Crippen MR) is 82.8 cm³/mol. The maximum Gasteiger partial charge on any atom is 0.216 e. The van der Waals surface area contributed by atoms with Crippen LogP contribution in [0.4, 0.5) is 5.69 Å². The number of aromatic nitrogens is 4. The lowest BCUT2D eigenvalue weighted by atomic mass is 10.2. The SMILES string of the molecule is CCC(CC)Oc1ccccc1NC=C(C#N)c1nn[nH]n1. The third-order valence-corrected chi connectivity index (χ3v) is 3.17. The summed E-state index contributed by atoms with van der Waals surface area (Å²) in [6.45, 7) is 4.18. The number of nitrogens with one attached hydrogen (secondary N) is 2. The Labute approximate surface area is 129 Å². The van der Waals surface area contributed by atoms with E-state index in [1.807, 2.05) is 30.3 Å². The number of tetrazole rings is 1. The van der Waals surface area contributed by atoms with Crippen molar-refractivity contribution < 1.29 is 4.74 Å². The Balaban J connectivity index is 2.18. The highest BCUT2D eigenvalue weighted by Gasteiger charge is 2.10. The molecule has 1 aromatic carbocycles. The van der Waals surface area contributed by atoms with E-state index in [0.717, 1.165) is 24.3 Å². The molecular weight excluding hydrogens is 280 g/mol. The molecule has 114 valence electrons. The number of nitrogens with zero attached hydrogens (tertiary/aromatic N) is 4. The Morgan fingerprint density at radius 1 is 1.41 bits per heavy atom. The fourth-order valence-electron chi connectivity index (χ4n) is 1.90. The molecule has 7 heteroatoms. The van der Waals surface area contributed by atoms with E-state index in [-0.39, 0.29) is 17.5 Å². The van der Waals surface area contributed by atoms with Gasteiger partial charge < -0.3 is 10.1 Å². The van der Waals surface area contributed by atoms with E-state index in [1.54, 1.807) is 6.20 Å². The molecule has 0 aliphatic rings. The number of hydrogen-bond acceptors (Lipinski definition) is 6. The number of para-hydroxylation sites is 2. The maximum absolute atomic E-state index is 9.16. The predicted octanol–water partition coefficient (Wildman–Crippen LogP) is 2.74.